The van der Waals surface area contributed by atoms with E-state index < -0.39 is 17.2 Å². The highest BCUT2D eigenvalue weighted by Gasteiger charge is 2.31. The molecular formula is C18H20FN3O3. The minimum Gasteiger partial charge on any atom is -0.477 e. The monoisotopic (exact) mass is 345 g/mol. The minimum atomic E-state index is -1.29. The first kappa shape index (κ1) is 16.1. The van der Waals surface area contributed by atoms with Crippen LogP contribution >= 0.6 is 0 Å². The molecule has 1 aliphatic heterocycles. The zero-order valence-electron chi connectivity index (χ0n) is 13.9. The van der Waals surface area contributed by atoms with Crippen molar-refractivity contribution in [3.05, 3.63) is 39.9 Å². The lowest BCUT2D eigenvalue weighted by Gasteiger charge is -2.21. The number of carbonyl (C=O) groups is 1. The Bertz CT molecular complexity index is 925. The summed E-state index contributed by atoms with van der Waals surface area (Å²) < 4.78 is 16.5. The maximum atomic E-state index is 14.7. The van der Waals surface area contributed by atoms with E-state index in [1.807, 2.05) is 16.4 Å². The van der Waals surface area contributed by atoms with Crippen LogP contribution < -0.4 is 16.1 Å². The Morgan fingerprint density at radius 1 is 1.32 bits per heavy atom. The van der Waals surface area contributed by atoms with E-state index in [4.69, 9.17) is 5.73 Å². The van der Waals surface area contributed by atoms with Gasteiger partial charge >= 0.3 is 5.97 Å². The molecule has 1 aromatic carbocycles. The van der Waals surface area contributed by atoms with Gasteiger partial charge in [-0.1, -0.05) is 6.92 Å². The fourth-order valence-electron chi connectivity index (χ4n) is 3.60. The highest BCUT2D eigenvalue weighted by Crippen LogP contribution is 2.38. The van der Waals surface area contributed by atoms with Crippen molar-refractivity contribution >= 4 is 22.6 Å². The van der Waals surface area contributed by atoms with E-state index in [0.29, 0.717) is 24.3 Å². The third-order valence-electron chi connectivity index (χ3n) is 5.28. The average molecular weight is 345 g/mol. The van der Waals surface area contributed by atoms with Gasteiger partial charge in [0.1, 0.15) is 11.4 Å². The molecule has 2 fully saturated rings. The zero-order valence-corrected chi connectivity index (χ0v) is 13.9. The van der Waals surface area contributed by atoms with Crippen LogP contribution in [-0.4, -0.2) is 34.8 Å². The molecule has 1 aliphatic carbocycles. The molecule has 2 atom stereocenters. The summed E-state index contributed by atoms with van der Waals surface area (Å²) in [7, 11) is 0. The van der Waals surface area contributed by atoms with Gasteiger partial charge in [0.2, 0.25) is 5.43 Å². The lowest BCUT2D eigenvalue weighted by atomic mass is 10.1. The smallest absolute Gasteiger partial charge is 0.341 e. The maximum absolute atomic E-state index is 14.7. The Labute approximate surface area is 143 Å². The number of hydrogen-bond donors (Lipinski definition) is 2. The molecule has 0 spiro atoms. The van der Waals surface area contributed by atoms with Crippen LogP contribution in [0.5, 0.6) is 0 Å². The van der Waals surface area contributed by atoms with Gasteiger partial charge in [-0.05, 0) is 30.9 Å². The molecule has 1 saturated carbocycles. The van der Waals surface area contributed by atoms with Crippen LogP contribution in [0.4, 0.5) is 10.1 Å². The van der Waals surface area contributed by atoms with Gasteiger partial charge in [-0.15, -0.1) is 0 Å². The average Bonchev–Trinajstić information content (AvgIpc) is 3.33. The van der Waals surface area contributed by atoms with Crippen LogP contribution in [0, 0.1) is 11.7 Å². The number of carboxylic acids is 1. The number of benzene rings is 1. The van der Waals surface area contributed by atoms with Crippen molar-refractivity contribution in [3.8, 4) is 0 Å². The predicted molar refractivity (Wildman–Crippen MR) is 92.7 cm³/mol. The second-order valence-electron chi connectivity index (χ2n) is 7.18. The summed E-state index contributed by atoms with van der Waals surface area (Å²) in [6.45, 7) is 3.25. The highest BCUT2D eigenvalue weighted by atomic mass is 19.1. The SMILES string of the molecule is C[C@H]1CN(c2cc3c(cc2F)c(=O)c(C(=O)O)cn3C2CC2)C[C@H]1N. The summed E-state index contributed by atoms with van der Waals surface area (Å²) in [5.74, 6) is -1.55. The van der Waals surface area contributed by atoms with Crippen molar-refractivity contribution in [3.63, 3.8) is 0 Å². The lowest BCUT2D eigenvalue weighted by Crippen LogP contribution is -2.29. The first-order valence-corrected chi connectivity index (χ1v) is 8.49. The van der Waals surface area contributed by atoms with E-state index in [-0.39, 0.29) is 29.0 Å². The first-order chi connectivity index (χ1) is 11.9. The van der Waals surface area contributed by atoms with Crippen molar-refractivity contribution in [2.24, 2.45) is 11.7 Å². The molecule has 2 heterocycles. The normalized spacial score (nSPS) is 23.4. The molecular weight excluding hydrogens is 325 g/mol. The fraction of sp³-hybridized carbons (Fsp3) is 0.444. The number of carboxylic acid groups (broad SMARTS) is 1. The topological polar surface area (TPSA) is 88.6 Å². The molecule has 0 bridgehead atoms. The van der Waals surface area contributed by atoms with Gasteiger partial charge in [0.05, 0.1) is 11.2 Å². The van der Waals surface area contributed by atoms with E-state index in [1.165, 1.54) is 12.3 Å². The number of aromatic carboxylic acids is 1. The Balaban J connectivity index is 1.93. The molecule has 3 N–H and O–H groups in total. The van der Waals surface area contributed by atoms with Gasteiger partial charge in [0.15, 0.2) is 0 Å². The van der Waals surface area contributed by atoms with E-state index in [1.54, 1.807) is 6.07 Å². The van der Waals surface area contributed by atoms with Gasteiger partial charge in [-0.2, -0.15) is 0 Å². The molecule has 132 valence electrons. The predicted octanol–water partition coefficient (Wildman–Crippen LogP) is 1.96. The van der Waals surface area contributed by atoms with Crippen molar-refractivity contribution in [1.82, 2.24) is 4.57 Å². The summed E-state index contributed by atoms with van der Waals surface area (Å²) in [5.41, 5.74) is 6.10. The van der Waals surface area contributed by atoms with E-state index >= 15 is 0 Å². The number of aromatic nitrogens is 1. The number of hydrogen-bond acceptors (Lipinski definition) is 4. The standard InChI is InChI=1S/C18H20FN3O3/c1-9-6-21(8-14(9)20)16-5-15-11(4-13(16)19)17(23)12(18(24)25)7-22(15)10-2-3-10/h4-5,7,9-10,14H,2-3,6,8,20H2,1H3,(H,24,25)/t9-,14+/m0/s1. The molecule has 1 aromatic heterocycles. The minimum absolute atomic E-state index is 0.0184. The summed E-state index contributed by atoms with van der Waals surface area (Å²) >= 11 is 0. The quantitative estimate of drug-likeness (QED) is 0.888. The molecule has 2 aliphatic rings. The van der Waals surface area contributed by atoms with Gasteiger partial charge < -0.3 is 20.3 Å². The van der Waals surface area contributed by atoms with E-state index in [9.17, 15) is 19.1 Å². The number of anilines is 1. The van der Waals surface area contributed by atoms with Crippen LogP contribution in [0.15, 0.2) is 23.1 Å². The van der Waals surface area contributed by atoms with Gasteiger partial charge in [-0.3, -0.25) is 4.79 Å². The third-order valence-corrected chi connectivity index (χ3v) is 5.28. The first-order valence-electron chi connectivity index (χ1n) is 8.49. The van der Waals surface area contributed by atoms with Gasteiger partial charge in [-0.25, -0.2) is 9.18 Å². The molecule has 6 nitrogen and oxygen atoms in total. The Morgan fingerprint density at radius 2 is 2.04 bits per heavy atom. The van der Waals surface area contributed by atoms with E-state index in [0.717, 1.165) is 12.8 Å². The summed E-state index contributed by atoms with van der Waals surface area (Å²) in [4.78, 5) is 25.7. The molecule has 7 heteroatoms. The van der Waals surface area contributed by atoms with Gasteiger partial charge in [0.25, 0.3) is 0 Å². The van der Waals surface area contributed by atoms with Crippen LogP contribution in [0.1, 0.15) is 36.2 Å². The number of halogens is 1. The Hall–Kier alpha value is -2.41. The largest absolute Gasteiger partial charge is 0.477 e. The number of rotatable bonds is 3. The van der Waals surface area contributed by atoms with Crippen molar-refractivity contribution < 1.29 is 14.3 Å². The van der Waals surface area contributed by atoms with Crippen molar-refractivity contribution in [2.75, 3.05) is 18.0 Å². The number of pyridine rings is 1. The second-order valence-corrected chi connectivity index (χ2v) is 7.18. The number of nitrogens with zero attached hydrogens (tertiary/aromatic N) is 2. The van der Waals surface area contributed by atoms with Crippen molar-refractivity contribution in [2.45, 2.75) is 31.8 Å². The third kappa shape index (κ3) is 2.59. The van der Waals surface area contributed by atoms with Crippen LogP contribution in [0.2, 0.25) is 0 Å². The van der Waals surface area contributed by atoms with Crippen LogP contribution in [-0.2, 0) is 0 Å². The molecule has 4 rings (SSSR count). The second kappa shape index (κ2) is 5.56. The molecule has 0 amide bonds. The molecule has 25 heavy (non-hydrogen) atoms. The van der Waals surface area contributed by atoms with Crippen LogP contribution in [0.25, 0.3) is 10.9 Å². The maximum Gasteiger partial charge on any atom is 0.341 e. The van der Waals surface area contributed by atoms with Crippen LogP contribution in [0.3, 0.4) is 0 Å². The molecule has 2 aromatic rings. The van der Waals surface area contributed by atoms with E-state index in [2.05, 4.69) is 0 Å². The number of nitrogens with two attached hydrogens (primary N) is 1. The fourth-order valence-corrected chi connectivity index (χ4v) is 3.60. The summed E-state index contributed by atoms with van der Waals surface area (Å²) in [6, 6.07) is 2.99. The Morgan fingerprint density at radius 3 is 2.60 bits per heavy atom. The zero-order chi connectivity index (χ0) is 17.9. The Kier molecular flexibility index (Phi) is 3.57. The highest BCUT2D eigenvalue weighted by molar-refractivity contribution is 5.93. The molecule has 0 unspecified atom stereocenters. The number of fused-ring (bicyclic) bond motifs is 1. The lowest BCUT2D eigenvalue weighted by molar-refractivity contribution is 0.0695. The summed E-state index contributed by atoms with van der Waals surface area (Å²) in [5, 5.41) is 9.39. The van der Waals surface area contributed by atoms with Crippen molar-refractivity contribution in [1.29, 1.82) is 0 Å². The molecule has 1 saturated heterocycles. The summed E-state index contributed by atoms with van der Waals surface area (Å²) in [6.07, 6.45) is 3.25. The molecule has 0 radical (unpaired) electrons. The van der Waals surface area contributed by atoms with Gasteiger partial charge in [0, 0.05) is 36.8 Å².